The van der Waals surface area contributed by atoms with Gasteiger partial charge in [0, 0.05) is 11.8 Å². The number of esters is 1. The Labute approximate surface area is 187 Å². The van der Waals surface area contributed by atoms with Crippen LogP contribution in [0.4, 0.5) is 4.39 Å². The van der Waals surface area contributed by atoms with Crippen LogP contribution in [0.25, 0.3) is 11.1 Å². The Hall–Kier alpha value is -2.98. The van der Waals surface area contributed by atoms with E-state index >= 15 is 0 Å². The number of allylic oxidation sites excluding steroid dienone is 5. The number of aliphatic hydroxyl groups excluding tert-OH is 1. The maximum atomic E-state index is 13.7. The molecule has 164 valence electrons. The number of ether oxygens (including phenoxy) is 1. The first-order chi connectivity index (χ1) is 15.5. The molecule has 5 rings (SSSR count). The molecule has 3 nitrogen and oxygen atoms in total. The van der Waals surface area contributed by atoms with Crippen LogP contribution in [0.15, 0.2) is 78.4 Å². The number of carbonyl (C=O) groups excluding carboxylic acids is 1. The summed E-state index contributed by atoms with van der Waals surface area (Å²) in [7, 11) is 0. The van der Waals surface area contributed by atoms with Gasteiger partial charge in [-0.1, -0.05) is 61.4 Å². The molecule has 2 fully saturated rings. The van der Waals surface area contributed by atoms with Gasteiger partial charge in [-0.2, -0.15) is 0 Å². The molecule has 3 aliphatic rings. The first kappa shape index (κ1) is 20.9. The van der Waals surface area contributed by atoms with Crippen molar-refractivity contribution in [2.45, 2.75) is 50.7 Å². The smallest absolute Gasteiger partial charge is 0.309 e. The Morgan fingerprint density at radius 3 is 2.41 bits per heavy atom. The van der Waals surface area contributed by atoms with Crippen LogP contribution in [0, 0.1) is 11.2 Å². The van der Waals surface area contributed by atoms with Gasteiger partial charge in [-0.3, -0.25) is 4.79 Å². The summed E-state index contributed by atoms with van der Waals surface area (Å²) in [5.41, 5.74) is 5.65. The zero-order valence-corrected chi connectivity index (χ0v) is 18.0. The fourth-order valence-corrected chi connectivity index (χ4v) is 5.51. The first-order valence-electron chi connectivity index (χ1n) is 11.4. The van der Waals surface area contributed by atoms with Gasteiger partial charge in [0.05, 0.1) is 12.5 Å². The molecule has 0 aromatic heterocycles. The minimum Gasteiger partial charge on any atom is -0.458 e. The second-order valence-corrected chi connectivity index (χ2v) is 9.03. The molecule has 2 aliphatic carbocycles. The molecule has 32 heavy (non-hydrogen) atoms. The maximum Gasteiger partial charge on any atom is 0.309 e. The van der Waals surface area contributed by atoms with Crippen molar-refractivity contribution in [1.29, 1.82) is 0 Å². The van der Waals surface area contributed by atoms with Crippen LogP contribution < -0.4 is 0 Å². The van der Waals surface area contributed by atoms with Gasteiger partial charge in [-0.05, 0) is 65.0 Å². The SMILES string of the molecule is O=C1C[C@@H](O)C[C@H](/C=C/C2=C(c3ccc(F)cc3)C=C(c3ccccc3)C23CCCC3)O1. The third kappa shape index (κ3) is 3.84. The lowest BCUT2D eigenvalue weighted by Gasteiger charge is -2.31. The van der Waals surface area contributed by atoms with E-state index in [1.54, 1.807) is 0 Å². The number of cyclic esters (lactones) is 1. The zero-order valence-electron chi connectivity index (χ0n) is 18.0. The summed E-state index contributed by atoms with van der Waals surface area (Å²) in [4.78, 5) is 11.8. The predicted octanol–water partition coefficient (Wildman–Crippen LogP) is 5.86. The molecule has 2 aromatic carbocycles. The maximum absolute atomic E-state index is 13.7. The Morgan fingerprint density at radius 1 is 1.00 bits per heavy atom. The average molecular weight is 431 g/mol. The molecule has 1 saturated heterocycles. The molecule has 4 heteroatoms. The third-order valence-electron chi connectivity index (χ3n) is 6.97. The quantitative estimate of drug-likeness (QED) is 0.618. The highest BCUT2D eigenvalue weighted by atomic mass is 19.1. The molecule has 1 heterocycles. The molecule has 1 N–H and O–H groups in total. The molecule has 2 aromatic rings. The van der Waals surface area contributed by atoms with Gasteiger partial charge in [0.15, 0.2) is 0 Å². The van der Waals surface area contributed by atoms with E-state index in [0.29, 0.717) is 6.42 Å². The van der Waals surface area contributed by atoms with Gasteiger partial charge >= 0.3 is 5.97 Å². The summed E-state index contributed by atoms with van der Waals surface area (Å²) >= 11 is 0. The van der Waals surface area contributed by atoms with Crippen molar-refractivity contribution in [3.8, 4) is 0 Å². The number of hydrogen-bond donors (Lipinski definition) is 1. The monoisotopic (exact) mass is 430 g/mol. The van der Waals surface area contributed by atoms with Crippen LogP contribution in [-0.2, 0) is 9.53 Å². The van der Waals surface area contributed by atoms with Crippen molar-refractivity contribution >= 4 is 17.1 Å². The third-order valence-corrected chi connectivity index (χ3v) is 6.97. The van der Waals surface area contributed by atoms with Gasteiger partial charge in [0.25, 0.3) is 0 Å². The van der Waals surface area contributed by atoms with Gasteiger partial charge in [-0.25, -0.2) is 4.39 Å². The van der Waals surface area contributed by atoms with Gasteiger partial charge in [0.2, 0.25) is 0 Å². The highest BCUT2D eigenvalue weighted by Crippen LogP contribution is 2.59. The van der Waals surface area contributed by atoms with Crippen molar-refractivity contribution in [2.24, 2.45) is 5.41 Å². The molecule has 0 bridgehead atoms. The second-order valence-electron chi connectivity index (χ2n) is 9.03. The summed E-state index contributed by atoms with van der Waals surface area (Å²) in [6.45, 7) is 0. The van der Waals surface area contributed by atoms with Gasteiger partial charge < -0.3 is 9.84 Å². The number of aliphatic hydroxyl groups is 1. The lowest BCUT2D eigenvalue weighted by Crippen LogP contribution is -2.31. The Kier molecular flexibility index (Phi) is 5.56. The molecule has 1 spiro atoms. The van der Waals surface area contributed by atoms with E-state index in [-0.39, 0.29) is 23.6 Å². The summed E-state index contributed by atoms with van der Waals surface area (Å²) < 4.78 is 19.1. The van der Waals surface area contributed by atoms with E-state index in [2.05, 4.69) is 36.4 Å². The molecule has 0 unspecified atom stereocenters. The Morgan fingerprint density at radius 2 is 1.72 bits per heavy atom. The normalized spacial score (nSPS) is 24.9. The number of rotatable bonds is 4. The Balaban J connectivity index is 1.61. The predicted molar refractivity (Wildman–Crippen MR) is 123 cm³/mol. The minimum atomic E-state index is -0.668. The van der Waals surface area contributed by atoms with E-state index in [4.69, 9.17) is 4.74 Å². The number of carbonyl (C=O) groups is 1. The average Bonchev–Trinajstić information content (AvgIpc) is 3.39. The van der Waals surface area contributed by atoms with Crippen molar-refractivity contribution in [3.05, 3.63) is 95.3 Å². The largest absolute Gasteiger partial charge is 0.458 e. The van der Waals surface area contributed by atoms with Crippen LogP contribution in [-0.4, -0.2) is 23.3 Å². The summed E-state index contributed by atoms with van der Waals surface area (Å²) in [5, 5.41) is 10.0. The van der Waals surface area contributed by atoms with E-state index in [1.807, 2.05) is 24.3 Å². The molecule has 1 aliphatic heterocycles. The van der Waals surface area contributed by atoms with E-state index in [9.17, 15) is 14.3 Å². The minimum absolute atomic E-state index is 0.0531. The van der Waals surface area contributed by atoms with E-state index in [0.717, 1.165) is 36.8 Å². The Bertz CT molecular complexity index is 1090. The number of halogens is 1. The number of benzene rings is 2. The van der Waals surface area contributed by atoms with Crippen molar-refractivity contribution in [3.63, 3.8) is 0 Å². The van der Waals surface area contributed by atoms with Crippen LogP contribution in [0.2, 0.25) is 0 Å². The number of hydrogen-bond acceptors (Lipinski definition) is 3. The molecule has 0 amide bonds. The summed E-state index contributed by atoms with van der Waals surface area (Å²) in [6, 6.07) is 17.1. The van der Waals surface area contributed by atoms with E-state index in [1.165, 1.54) is 28.8 Å². The molecular weight excluding hydrogens is 403 g/mol. The van der Waals surface area contributed by atoms with Crippen LogP contribution in [0.1, 0.15) is 49.7 Å². The van der Waals surface area contributed by atoms with Crippen LogP contribution in [0.3, 0.4) is 0 Å². The topological polar surface area (TPSA) is 46.5 Å². The summed E-state index contributed by atoms with van der Waals surface area (Å²) in [5.74, 6) is -0.619. The van der Waals surface area contributed by atoms with Crippen molar-refractivity contribution < 1.29 is 19.0 Å². The highest BCUT2D eigenvalue weighted by Gasteiger charge is 2.45. The van der Waals surface area contributed by atoms with Crippen LogP contribution in [0.5, 0.6) is 0 Å². The second kappa shape index (κ2) is 8.51. The first-order valence-corrected chi connectivity index (χ1v) is 11.4. The fraction of sp³-hybridized carbons (Fsp3) is 0.321. The van der Waals surface area contributed by atoms with Gasteiger partial charge in [-0.15, -0.1) is 0 Å². The van der Waals surface area contributed by atoms with Crippen molar-refractivity contribution in [1.82, 2.24) is 0 Å². The molecule has 0 radical (unpaired) electrons. The highest BCUT2D eigenvalue weighted by molar-refractivity contribution is 5.96. The lowest BCUT2D eigenvalue weighted by atomic mass is 9.72. The lowest BCUT2D eigenvalue weighted by molar-refractivity contribution is -0.156. The zero-order chi connectivity index (χ0) is 22.1. The van der Waals surface area contributed by atoms with Gasteiger partial charge in [0.1, 0.15) is 11.9 Å². The van der Waals surface area contributed by atoms with Crippen molar-refractivity contribution in [2.75, 3.05) is 0 Å². The standard InChI is InChI=1S/C28H27FO3/c29-21-10-8-19(9-11-21)24-18-26(20-6-2-1-3-7-20)28(14-4-5-15-28)25(24)13-12-23-16-22(30)17-27(31)32-23/h1-3,6-13,18,22-23,30H,4-5,14-17H2/b13-12+/t22-,23-/m0/s1. The molecular formula is C28H27FO3. The fourth-order valence-electron chi connectivity index (χ4n) is 5.51. The molecule has 2 atom stereocenters. The van der Waals surface area contributed by atoms with E-state index < -0.39 is 12.2 Å². The van der Waals surface area contributed by atoms with Crippen LogP contribution >= 0.6 is 0 Å². The summed E-state index contributed by atoms with van der Waals surface area (Å²) in [6.07, 6.45) is 10.0. The molecule has 1 saturated carbocycles.